The topological polar surface area (TPSA) is 32.3 Å². The number of amides is 1. The second-order valence-electron chi connectivity index (χ2n) is 6.87. The largest absolute Gasteiger partial charge is 0.339 e. The maximum absolute atomic E-state index is 12.4. The monoisotopic (exact) mass is 284 g/mol. The van der Waals surface area contributed by atoms with Crippen LogP contribution < -0.4 is 5.32 Å². The average Bonchev–Trinajstić information content (AvgIpc) is 3.18. The number of nitrogens with zero attached hydrogens (tertiary/aromatic N) is 1. The highest BCUT2D eigenvalue weighted by molar-refractivity contribution is 8.01. The maximum Gasteiger partial charge on any atom is 0.232 e. The van der Waals surface area contributed by atoms with E-state index in [2.05, 4.69) is 31.0 Å². The summed E-state index contributed by atoms with van der Waals surface area (Å²) in [5, 5.41) is 3.40. The molecule has 0 aromatic rings. The van der Waals surface area contributed by atoms with Crippen LogP contribution in [0.5, 0.6) is 0 Å². The van der Waals surface area contributed by atoms with Crippen molar-refractivity contribution in [1.82, 2.24) is 10.2 Å². The lowest BCUT2D eigenvalue weighted by Crippen LogP contribution is -2.41. The molecule has 1 amide bonds. The highest BCUT2D eigenvalue weighted by atomic mass is 32.2. The summed E-state index contributed by atoms with van der Waals surface area (Å²) in [7, 11) is 0. The summed E-state index contributed by atoms with van der Waals surface area (Å²) >= 11 is 1.77. The van der Waals surface area contributed by atoms with Gasteiger partial charge in [0.05, 0.1) is 5.75 Å². The molecule has 1 aliphatic carbocycles. The Morgan fingerprint density at radius 3 is 2.37 bits per heavy atom. The Morgan fingerprint density at radius 1 is 1.21 bits per heavy atom. The minimum absolute atomic E-state index is 0.180. The van der Waals surface area contributed by atoms with Crippen molar-refractivity contribution in [2.75, 3.05) is 25.4 Å². The summed E-state index contributed by atoms with van der Waals surface area (Å²) < 4.78 is 0.180. The quantitative estimate of drug-likeness (QED) is 0.842. The molecule has 0 spiro atoms. The number of rotatable bonds is 5. The average molecular weight is 284 g/mol. The number of nitrogens with one attached hydrogen (secondary N) is 1. The van der Waals surface area contributed by atoms with Crippen LogP contribution in [-0.2, 0) is 4.79 Å². The molecular formula is C15H28N2OS. The van der Waals surface area contributed by atoms with E-state index in [1.807, 2.05) is 0 Å². The zero-order chi connectivity index (χ0) is 13.9. The van der Waals surface area contributed by atoms with Crippen molar-refractivity contribution in [2.45, 2.75) is 57.2 Å². The Labute approximate surface area is 121 Å². The third-order valence-electron chi connectivity index (χ3n) is 3.85. The van der Waals surface area contributed by atoms with Gasteiger partial charge in [-0.3, -0.25) is 4.79 Å². The van der Waals surface area contributed by atoms with Crippen LogP contribution in [-0.4, -0.2) is 47.0 Å². The maximum atomic E-state index is 12.4. The number of hydrogen-bond donors (Lipinski definition) is 1. The fraction of sp³-hybridized carbons (Fsp3) is 0.933. The lowest BCUT2D eigenvalue weighted by atomic mass is 9.97. The first-order valence-electron chi connectivity index (χ1n) is 7.60. The molecule has 0 aromatic heterocycles. The van der Waals surface area contributed by atoms with Crippen molar-refractivity contribution in [3.05, 3.63) is 0 Å². The molecule has 1 aliphatic heterocycles. The molecule has 1 saturated carbocycles. The molecule has 110 valence electrons. The standard InChI is InChI=1S/C15H28N2OS/c1-15(2,3)19-11-14(18)17(13-4-5-13)10-12-6-8-16-9-7-12/h12-13,16H,4-11H2,1-3H3. The molecule has 0 unspecified atom stereocenters. The van der Waals surface area contributed by atoms with Crippen LogP contribution in [0.15, 0.2) is 0 Å². The lowest BCUT2D eigenvalue weighted by Gasteiger charge is -2.31. The molecule has 0 aromatic carbocycles. The Kier molecular flexibility index (Phi) is 5.18. The molecule has 2 rings (SSSR count). The SMILES string of the molecule is CC(C)(C)SCC(=O)N(CC1CCNCC1)C1CC1. The van der Waals surface area contributed by atoms with E-state index >= 15 is 0 Å². The Balaban J connectivity index is 1.82. The van der Waals surface area contributed by atoms with Crippen LogP contribution in [0.3, 0.4) is 0 Å². The van der Waals surface area contributed by atoms with E-state index in [-0.39, 0.29) is 4.75 Å². The molecule has 1 heterocycles. The minimum atomic E-state index is 0.180. The van der Waals surface area contributed by atoms with Crippen molar-refractivity contribution < 1.29 is 4.79 Å². The third kappa shape index (κ3) is 5.35. The van der Waals surface area contributed by atoms with E-state index < -0.39 is 0 Å². The first kappa shape index (κ1) is 15.2. The van der Waals surface area contributed by atoms with Crippen LogP contribution >= 0.6 is 11.8 Å². The molecule has 0 radical (unpaired) electrons. The van der Waals surface area contributed by atoms with Gasteiger partial charge in [0, 0.05) is 17.3 Å². The van der Waals surface area contributed by atoms with E-state index in [1.165, 1.54) is 25.7 Å². The van der Waals surface area contributed by atoms with Crippen molar-refractivity contribution in [1.29, 1.82) is 0 Å². The first-order chi connectivity index (χ1) is 8.96. The molecule has 4 heteroatoms. The summed E-state index contributed by atoms with van der Waals surface area (Å²) in [6.07, 6.45) is 4.89. The first-order valence-corrected chi connectivity index (χ1v) is 8.58. The lowest BCUT2D eigenvalue weighted by molar-refractivity contribution is -0.129. The normalized spacial score (nSPS) is 21.4. The summed E-state index contributed by atoms with van der Waals surface area (Å²) in [4.78, 5) is 14.6. The summed E-state index contributed by atoms with van der Waals surface area (Å²) in [6, 6.07) is 0.558. The molecule has 0 bridgehead atoms. The number of carbonyl (C=O) groups is 1. The molecular weight excluding hydrogens is 256 g/mol. The van der Waals surface area contributed by atoms with Crippen LogP contribution in [0, 0.1) is 5.92 Å². The van der Waals surface area contributed by atoms with Gasteiger partial charge in [-0.25, -0.2) is 0 Å². The summed E-state index contributed by atoms with van der Waals surface area (Å²) in [5.74, 6) is 1.72. The van der Waals surface area contributed by atoms with E-state index in [0.717, 1.165) is 19.6 Å². The van der Waals surface area contributed by atoms with Gasteiger partial charge >= 0.3 is 0 Å². The van der Waals surface area contributed by atoms with Gasteiger partial charge in [-0.05, 0) is 44.7 Å². The van der Waals surface area contributed by atoms with Gasteiger partial charge in [0.15, 0.2) is 0 Å². The van der Waals surface area contributed by atoms with E-state index in [1.54, 1.807) is 11.8 Å². The number of piperidine rings is 1. The molecule has 19 heavy (non-hydrogen) atoms. The van der Waals surface area contributed by atoms with E-state index in [0.29, 0.717) is 23.6 Å². The predicted octanol–water partition coefficient (Wildman–Crippen LogP) is 2.51. The number of hydrogen-bond acceptors (Lipinski definition) is 3. The molecule has 3 nitrogen and oxygen atoms in total. The zero-order valence-electron chi connectivity index (χ0n) is 12.6. The van der Waals surface area contributed by atoms with Crippen molar-refractivity contribution >= 4 is 17.7 Å². The zero-order valence-corrected chi connectivity index (χ0v) is 13.4. The Bertz CT molecular complexity index is 304. The highest BCUT2D eigenvalue weighted by Gasteiger charge is 2.34. The van der Waals surface area contributed by atoms with Gasteiger partial charge in [0.1, 0.15) is 0 Å². The van der Waals surface area contributed by atoms with Crippen LogP contribution in [0.25, 0.3) is 0 Å². The molecule has 2 fully saturated rings. The summed E-state index contributed by atoms with van der Waals surface area (Å²) in [5.41, 5.74) is 0. The molecule has 1 N–H and O–H groups in total. The van der Waals surface area contributed by atoms with Crippen molar-refractivity contribution in [3.63, 3.8) is 0 Å². The van der Waals surface area contributed by atoms with Gasteiger partial charge in [-0.1, -0.05) is 20.8 Å². The second-order valence-corrected chi connectivity index (χ2v) is 8.67. The summed E-state index contributed by atoms with van der Waals surface area (Å²) in [6.45, 7) is 9.77. The fourth-order valence-electron chi connectivity index (χ4n) is 2.54. The van der Waals surface area contributed by atoms with Crippen LogP contribution in [0.4, 0.5) is 0 Å². The molecule has 1 saturated heterocycles. The van der Waals surface area contributed by atoms with Crippen molar-refractivity contribution in [3.8, 4) is 0 Å². The Hall–Kier alpha value is -0.220. The van der Waals surface area contributed by atoms with E-state index in [4.69, 9.17) is 0 Å². The third-order valence-corrected chi connectivity index (χ3v) is 5.11. The minimum Gasteiger partial charge on any atom is -0.339 e. The van der Waals surface area contributed by atoms with E-state index in [9.17, 15) is 4.79 Å². The van der Waals surface area contributed by atoms with Gasteiger partial charge in [-0.15, -0.1) is 11.8 Å². The van der Waals surface area contributed by atoms with Gasteiger partial charge < -0.3 is 10.2 Å². The second kappa shape index (κ2) is 6.49. The van der Waals surface area contributed by atoms with Gasteiger partial charge in [0.2, 0.25) is 5.91 Å². The molecule has 2 aliphatic rings. The van der Waals surface area contributed by atoms with Crippen LogP contribution in [0.1, 0.15) is 46.5 Å². The smallest absolute Gasteiger partial charge is 0.232 e. The fourth-order valence-corrected chi connectivity index (χ4v) is 3.27. The number of carbonyl (C=O) groups excluding carboxylic acids is 1. The van der Waals surface area contributed by atoms with Crippen molar-refractivity contribution in [2.24, 2.45) is 5.92 Å². The molecule has 0 atom stereocenters. The van der Waals surface area contributed by atoms with Gasteiger partial charge in [-0.2, -0.15) is 0 Å². The highest BCUT2D eigenvalue weighted by Crippen LogP contribution is 2.31. The van der Waals surface area contributed by atoms with Gasteiger partial charge in [0.25, 0.3) is 0 Å². The van der Waals surface area contributed by atoms with Crippen LogP contribution in [0.2, 0.25) is 0 Å². The Morgan fingerprint density at radius 2 is 1.84 bits per heavy atom. The predicted molar refractivity (Wildman–Crippen MR) is 82.5 cm³/mol. The number of thioether (sulfide) groups is 1.